The molecule has 0 aromatic heterocycles. The van der Waals surface area contributed by atoms with Gasteiger partial charge in [-0.05, 0) is 18.6 Å². The third-order valence-corrected chi connectivity index (χ3v) is 2.15. The second-order valence-electron chi connectivity index (χ2n) is 3.33. The Balaban J connectivity index is 2.91. The number of ether oxygens (including phenoxy) is 2. The van der Waals surface area contributed by atoms with E-state index < -0.39 is 12.0 Å². The van der Waals surface area contributed by atoms with E-state index in [-0.39, 0.29) is 0 Å². The molecule has 1 rings (SSSR count). The van der Waals surface area contributed by atoms with E-state index in [9.17, 15) is 4.79 Å². The van der Waals surface area contributed by atoms with Gasteiger partial charge in [0.15, 0.2) is 17.6 Å². The van der Waals surface area contributed by atoms with Crippen LogP contribution in [0.15, 0.2) is 18.2 Å². The summed E-state index contributed by atoms with van der Waals surface area (Å²) in [5, 5.41) is 0. The fourth-order valence-electron chi connectivity index (χ4n) is 1.28. The average Bonchev–Trinajstić information content (AvgIpc) is 2.26. The monoisotopic (exact) mass is 224 g/mol. The summed E-state index contributed by atoms with van der Waals surface area (Å²) in [5.74, 6) is 0.448. The van der Waals surface area contributed by atoms with E-state index in [1.807, 2.05) is 6.92 Å². The molecule has 0 heterocycles. The van der Waals surface area contributed by atoms with Crippen molar-refractivity contribution in [2.75, 3.05) is 12.8 Å². The maximum Gasteiger partial charge on any atom is 0.258 e. The standard InChI is InChI=1S/C11H16N2O3/c1-3-8(11(13)14)16-9-5-4-7(12)6-10(9)15-2/h4-6,8H,3,12H2,1-2H3,(H2,13,14). The SMILES string of the molecule is CCC(Oc1ccc(N)cc1OC)C(N)=O. The molecule has 0 aliphatic heterocycles. The number of hydrogen-bond acceptors (Lipinski definition) is 4. The van der Waals surface area contributed by atoms with Crippen molar-refractivity contribution in [1.82, 2.24) is 0 Å². The van der Waals surface area contributed by atoms with E-state index in [0.717, 1.165) is 0 Å². The maximum absolute atomic E-state index is 11.0. The fraction of sp³-hybridized carbons (Fsp3) is 0.364. The smallest absolute Gasteiger partial charge is 0.258 e. The zero-order valence-electron chi connectivity index (χ0n) is 9.40. The minimum atomic E-state index is -0.655. The van der Waals surface area contributed by atoms with E-state index in [2.05, 4.69) is 0 Å². The van der Waals surface area contributed by atoms with Gasteiger partial charge in [-0.25, -0.2) is 0 Å². The zero-order chi connectivity index (χ0) is 12.1. The Morgan fingerprint density at radius 3 is 2.62 bits per heavy atom. The van der Waals surface area contributed by atoms with Crippen molar-refractivity contribution in [3.8, 4) is 11.5 Å². The van der Waals surface area contributed by atoms with E-state index in [0.29, 0.717) is 23.6 Å². The second-order valence-corrected chi connectivity index (χ2v) is 3.33. The molecule has 5 heteroatoms. The molecule has 0 saturated heterocycles. The number of amides is 1. The topological polar surface area (TPSA) is 87.6 Å². The summed E-state index contributed by atoms with van der Waals surface area (Å²) in [6, 6.07) is 4.95. The molecule has 16 heavy (non-hydrogen) atoms. The van der Waals surface area contributed by atoms with Gasteiger partial charge >= 0.3 is 0 Å². The van der Waals surface area contributed by atoms with Crippen LogP contribution in [0.2, 0.25) is 0 Å². The predicted molar refractivity (Wildman–Crippen MR) is 61.3 cm³/mol. The number of primary amides is 1. The molecule has 0 spiro atoms. The number of methoxy groups -OCH3 is 1. The molecule has 0 aliphatic rings. The molecular formula is C11H16N2O3. The molecule has 1 amide bonds. The number of benzene rings is 1. The highest BCUT2D eigenvalue weighted by molar-refractivity contribution is 5.79. The molecular weight excluding hydrogens is 208 g/mol. The first kappa shape index (κ1) is 12.2. The summed E-state index contributed by atoms with van der Waals surface area (Å²) in [5.41, 5.74) is 11.4. The first-order chi connectivity index (χ1) is 7.58. The van der Waals surface area contributed by atoms with Crippen molar-refractivity contribution in [2.24, 2.45) is 5.73 Å². The van der Waals surface area contributed by atoms with Crippen LogP contribution in [-0.2, 0) is 4.79 Å². The highest BCUT2D eigenvalue weighted by Gasteiger charge is 2.16. The lowest BCUT2D eigenvalue weighted by molar-refractivity contribution is -0.124. The van der Waals surface area contributed by atoms with Crippen molar-refractivity contribution in [3.63, 3.8) is 0 Å². The molecule has 4 N–H and O–H groups in total. The molecule has 1 atom stereocenters. The van der Waals surface area contributed by atoms with Gasteiger partial charge in [-0.3, -0.25) is 4.79 Å². The Hall–Kier alpha value is -1.91. The van der Waals surface area contributed by atoms with E-state index in [1.54, 1.807) is 18.2 Å². The van der Waals surface area contributed by atoms with Gasteiger partial charge in [0.05, 0.1) is 7.11 Å². The van der Waals surface area contributed by atoms with E-state index in [1.165, 1.54) is 7.11 Å². The first-order valence-electron chi connectivity index (χ1n) is 4.98. The van der Waals surface area contributed by atoms with Crippen molar-refractivity contribution >= 4 is 11.6 Å². The average molecular weight is 224 g/mol. The van der Waals surface area contributed by atoms with Gasteiger partial charge in [-0.2, -0.15) is 0 Å². The number of carbonyl (C=O) groups is 1. The van der Waals surface area contributed by atoms with Crippen molar-refractivity contribution < 1.29 is 14.3 Å². The van der Waals surface area contributed by atoms with Gasteiger partial charge < -0.3 is 20.9 Å². The quantitative estimate of drug-likeness (QED) is 0.728. The summed E-state index contributed by atoms with van der Waals surface area (Å²) in [6.45, 7) is 1.82. The Morgan fingerprint density at radius 2 is 2.12 bits per heavy atom. The maximum atomic E-state index is 11.0. The molecule has 88 valence electrons. The van der Waals surface area contributed by atoms with Crippen LogP contribution in [0.1, 0.15) is 13.3 Å². The summed E-state index contributed by atoms with van der Waals surface area (Å²) < 4.78 is 10.5. The number of nitrogen functional groups attached to an aromatic ring is 1. The molecule has 5 nitrogen and oxygen atoms in total. The molecule has 1 aromatic rings. The third-order valence-electron chi connectivity index (χ3n) is 2.15. The van der Waals surface area contributed by atoms with Crippen LogP contribution in [0.25, 0.3) is 0 Å². The molecule has 0 aliphatic carbocycles. The largest absolute Gasteiger partial charge is 0.493 e. The predicted octanol–water partition coefficient (Wildman–Crippen LogP) is 0.920. The highest BCUT2D eigenvalue weighted by Crippen LogP contribution is 2.30. The lowest BCUT2D eigenvalue weighted by Gasteiger charge is -2.16. The minimum absolute atomic E-state index is 0.461. The second kappa shape index (κ2) is 5.25. The normalized spacial score (nSPS) is 11.9. The van der Waals surface area contributed by atoms with Crippen molar-refractivity contribution in [2.45, 2.75) is 19.4 Å². The van der Waals surface area contributed by atoms with Crippen molar-refractivity contribution in [1.29, 1.82) is 0 Å². The first-order valence-corrected chi connectivity index (χ1v) is 4.98. The van der Waals surface area contributed by atoms with Gasteiger partial charge in [0.2, 0.25) is 0 Å². The molecule has 0 fully saturated rings. The minimum Gasteiger partial charge on any atom is -0.493 e. The summed E-state index contributed by atoms with van der Waals surface area (Å²) >= 11 is 0. The van der Waals surface area contributed by atoms with Crippen LogP contribution in [0.5, 0.6) is 11.5 Å². The van der Waals surface area contributed by atoms with Crippen LogP contribution >= 0.6 is 0 Å². The highest BCUT2D eigenvalue weighted by atomic mass is 16.5. The summed E-state index contributed by atoms with van der Waals surface area (Å²) in [7, 11) is 1.51. The number of nitrogens with two attached hydrogens (primary N) is 2. The molecule has 0 radical (unpaired) electrons. The fourth-order valence-corrected chi connectivity index (χ4v) is 1.28. The van der Waals surface area contributed by atoms with E-state index in [4.69, 9.17) is 20.9 Å². The van der Waals surface area contributed by atoms with Gasteiger partial charge in [0.1, 0.15) is 0 Å². The third kappa shape index (κ3) is 2.79. The Labute approximate surface area is 94.3 Å². The number of hydrogen-bond donors (Lipinski definition) is 2. The Bertz CT molecular complexity index is 379. The summed E-state index contributed by atoms with van der Waals surface area (Å²) in [6.07, 6.45) is -0.152. The zero-order valence-corrected chi connectivity index (χ0v) is 9.40. The Kier molecular flexibility index (Phi) is 3.99. The lowest BCUT2D eigenvalue weighted by Crippen LogP contribution is -2.33. The molecule has 0 saturated carbocycles. The number of carbonyl (C=O) groups excluding carboxylic acids is 1. The van der Waals surface area contributed by atoms with Crippen LogP contribution in [-0.4, -0.2) is 19.1 Å². The van der Waals surface area contributed by atoms with Gasteiger partial charge in [-0.15, -0.1) is 0 Å². The van der Waals surface area contributed by atoms with Gasteiger partial charge in [0.25, 0.3) is 5.91 Å². The number of anilines is 1. The lowest BCUT2D eigenvalue weighted by atomic mass is 10.2. The molecule has 1 unspecified atom stereocenters. The molecule has 1 aromatic carbocycles. The van der Waals surface area contributed by atoms with Crippen LogP contribution in [0.4, 0.5) is 5.69 Å². The van der Waals surface area contributed by atoms with Crippen LogP contribution in [0, 0.1) is 0 Å². The van der Waals surface area contributed by atoms with E-state index >= 15 is 0 Å². The number of rotatable bonds is 5. The van der Waals surface area contributed by atoms with Crippen molar-refractivity contribution in [3.05, 3.63) is 18.2 Å². The summed E-state index contributed by atoms with van der Waals surface area (Å²) in [4.78, 5) is 11.0. The molecule has 0 bridgehead atoms. The van der Waals surface area contributed by atoms with Crippen LogP contribution in [0.3, 0.4) is 0 Å². The van der Waals surface area contributed by atoms with Crippen LogP contribution < -0.4 is 20.9 Å². The van der Waals surface area contributed by atoms with Gasteiger partial charge in [0, 0.05) is 11.8 Å². The van der Waals surface area contributed by atoms with Gasteiger partial charge in [-0.1, -0.05) is 6.92 Å². The Morgan fingerprint density at radius 1 is 1.44 bits per heavy atom.